The quantitative estimate of drug-likeness (QED) is 0.669. The van der Waals surface area contributed by atoms with Crippen molar-refractivity contribution in [2.45, 2.75) is 19.4 Å². The lowest BCUT2D eigenvalue weighted by Crippen LogP contribution is -2.40. The first-order valence-corrected chi connectivity index (χ1v) is 9.48. The number of carbonyl (C=O) groups is 1. The highest BCUT2D eigenvalue weighted by molar-refractivity contribution is 5.96. The van der Waals surface area contributed by atoms with Gasteiger partial charge in [-0.3, -0.25) is 18.8 Å². The molecule has 2 aromatic heterocycles. The van der Waals surface area contributed by atoms with Gasteiger partial charge in [0.25, 0.3) is 11.5 Å². The van der Waals surface area contributed by atoms with E-state index in [-0.39, 0.29) is 17.4 Å². The Balaban J connectivity index is 1.43. The van der Waals surface area contributed by atoms with Crippen LogP contribution < -0.4 is 10.3 Å². The highest BCUT2D eigenvalue weighted by Crippen LogP contribution is 2.23. The van der Waals surface area contributed by atoms with Gasteiger partial charge in [0.1, 0.15) is 11.4 Å². The molecule has 29 heavy (non-hydrogen) atoms. The van der Waals surface area contributed by atoms with E-state index in [1.54, 1.807) is 27.4 Å². The molecule has 8 nitrogen and oxygen atoms in total. The molecule has 1 aromatic carbocycles. The van der Waals surface area contributed by atoms with Crippen LogP contribution in [0.25, 0.3) is 10.9 Å². The fourth-order valence-corrected chi connectivity index (χ4v) is 3.79. The number of carbonyl (C=O) groups excluding carboxylic acids is 1. The molecule has 0 unspecified atom stereocenters. The summed E-state index contributed by atoms with van der Waals surface area (Å²) in [5.74, 6) is 0.0708. The Kier molecular flexibility index (Phi) is 5.04. The van der Waals surface area contributed by atoms with E-state index in [0.29, 0.717) is 42.0 Å². The molecule has 1 aliphatic rings. The van der Waals surface area contributed by atoms with Gasteiger partial charge in [-0.15, -0.1) is 5.10 Å². The zero-order chi connectivity index (χ0) is 20.5. The summed E-state index contributed by atoms with van der Waals surface area (Å²) >= 11 is 0. The van der Waals surface area contributed by atoms with Crippen molar-refractivity contribution in [1.29, 1.82) is 0 Å². The van der Waals surface area contributed by atoms with Gasteiger partial charge in [0.05, 0.1) is 24.3 Å². The molecule has 1 aliphatic heterocycles. The number of benzene rings is 1. The minimum absolute atomic E-state index is 0.0973. The third kappa shape index (κ3) is 3.72. The van der Waals surface area contributed by atoms with E-state index in [9.17, 15) is 14.0 Å². The van der Waals surface area contributed by atoms with E-state index in [4.69, 9.17) is 4.74 Å². The van der Waals surface area contributed by atoms with E-state index >= 15 is 0 Å². The van der Waals surface area contributed by atoms with Crippen LogP contribution in [0.2, 0.25) is 0 Å². The average molecular weight is 399 g/mol. The van der Waals surface area contributed by atoms with Crippen LogP contribution in [0.15, 0.2) is 35.5 Å². The maximum absolute atomic E-state index is 13.3. The largest absolute Gasteiger partial charge is 0.479 e. The highest BCUT2D eigenvalue weighted by Gasteiger charge is 2.27. The van der Waals surface area contributed by atoms with Crippen LogP contribution in [-0.4, -0.2) is 50.3 Å². The molecule has 0 atom stereocenters. The van der Waals surface area contributed by atoms with Crippen LogP contribution in [0.5, 0.6) is 5.88 Å². The van der Waals surface area contributed by atoms with Crippen LogP contribution in [0, 0.1) is 11.7 Å². The van der Waals surface area contributed by atoms with E-state index in [1.165, 1.54) is 31.6 Å². The van der Waals surface area contributed by atoms with Crippen molar-refractivity contribution < 1.29 is 13.9 Å². The first-order chi connectivity index (χ1) is 14.0. The number of piperidine rings is 1. The molecule has 9 heteroatoms. The lowest BCUT2D eigenvalue weighted by atomic mass is 9.96. The molecular weight excluding hydrogens is 377 g/mol. The van der Waals surface area contributed by atoms with Crippen molar-refractivity contribution in [2.24, 2.45) is 13.0 Å². The summed E-state index contributed by atoms with van der Waals surface area (Å²) in [7, 11) is 3.24. The summed E-state index contributed by atoms with van der Waals surface area (Å²) in [4.78, 5) is 31.4. The second-order valence-electron chi connectivity index (χ2n) is 7.32. The van der Waals surface area contributed by atoms with Gasteiger partial charge in [0, 0.05) is 38.9 Å². The van der Waals surface area contributed by atoms with Crippen molar-refractivity contribution in [3.8, 4) is 5.88 Å². The van der Waals surface area contributed by atoms with Crippen LogP contribution in [0.4, 0.5) is 4.39 Å². The van der Waals surface area contributed by atoms with Crippen LogP contribution in [0.1, 0.15) is 23.2 Å². The summed E-state index contributed by atoms with van der Waals surface area (Å²) < 4.78 is 21.6. The number of rotatable bonds is 4. The summed E-state index contributed by atoms with van der Waals surface area (Å²) in [6.07, 6.45) is 4.70. The molecule has 152 valence electrons. The van der Waals surface area contributed by atoms with Crippen LogP contribution in [-0.2, 0) is 13.6 Å². The summed E-state index contributed by atoms with van der Waals surface area (Å²) in [5, 5.41) is 4.54. The molecule has 1 amide bonds. The maximum Gasteiger partial charge on any atom is 0.261 e. The smallest absolute Gasteiger partial charge is 0.261 e. The molecule has 1 fully saturated rings. The standard InChI is InChI=1S/C20H22FN5O3/c1-24-11-16(18(23-24)29-2)20(28)25-7-5-13(6-8-25)10-26-12-22-17-9-14(21)3-4-15(17)19(26)27/h3-4,9,11-13H,5-8,10H2,1-2H3. The SMILES string of the molecule is COc1nn(C)cc1C(=O)N1CCC(Cn2cnc3cc(F)ccc3c2=O)CC1. The lowest BCUT2D eigenvalue weighted by Gasteiger charge is -2.32. The number of nitrogens with zero attached hydrogens (tertiary/aromatic N) is 5. The molecule has 0 spiro atoms. The predicted molar refractivity (Wildman–Crippen MR) is 104 cm³/mol. The molecule has 4 rings (SSSR count). The number of fused-ring (bicyclic) bond motifs is 1. The summed E-state index contributed by atoms with van der Waals surface area (Å²) in [5.41, 5.74) is 0.640. The van der Waals surface area contributed by atoms with Crippen molar-refractivity contribution in [2.75, 3.05) is 20.2 Å². The fraction of sp³-hybridized carbons (Fsp3) is 0.400. The molecule has 0 bridgehead atoms. The van der Waals surface area contributed by atoms with Gasteiger partial charge in [-0.2, -0.15) is 0 Å². The third-order valence-corrected chi connectivity index (χ3v) is 5.36. The molecule has 0 saturated carbocycles. The van der Waals surface area contributed by atoms with Crippen molar-refractivity contribution in [3.63, 3.8) is 0 Å². The second kappa shape index (κ2) is 7.65. The Morgan fingerprint density at radius 1 is 1.31 bits per heavy atom. The number of likely N-dealkylation sites (tertiary alicyclic amines) is 1. The van der Waals surface area contributed by atoms with Crippen LogP contribution in [0.3, 0.4) is 0 Å². The zero-order valence-corrected chi connectivity index (χ0v) is 16.3. The number of hydrogen-bond acceptors (Lipinski definition) is 5. The van der Waals surface area contributed by atoms with E-state index in [0.717, 1.165) is 12.8 Å². The van der Waals surface area contributed by atoms with E-state index in [1.807, 2.05) is 0 Å². The van der Waals surface area contributed by atoms with Gasteiger partial charge in [0.2, 0.25) is 5.88 Å². The molecule has 0 N–H and O–H groups in total. The molecule has 0 radical (unpaired) electrons. The Morgan fingerprint density at radius 2 is 2.07 bits per heavy atom. The van der Waals surface area contributed by atoms with Gasteiger partial charge in [-0.05, 0) is 30.9 Å². The van der Waals surface area contributed by atoms with Crippen molar-refractivity contribution >= 4 is 16.8 Å². The number of amides is 1. The molecule has 1 saturated heterocycles. The maximum atomic E-state index is 13.3. The average Bonchev–Trinajstić information content (AvgIpc) is 3.11. The molecular formula is C20H22FN5O3. The lowest BCUT2D eigenvalue weighted by molar-refractivity contribution is 0.0679. The highest BCUT2D eigenvalue weighted by atomic mass is 19.1. The van der Waals surface area contributed by atoms with Gasteiger partial charge in [0.15, 0.2) is 0 Å². The number of methoxy groups -OCH3 is 1. The predicted octanol–water partition coefficient (Wildman–Crippen LogP) is 1.83. The number of hydrogen-bond donors (Lipinski definition) is 0. The first kappa shape index (κ1) is 19.1. The normalized spacial score (nSPS) is 15.1. The summed E-state index contributed by atoms with van der Waals surface area (Å²) in [6, 6.07) is 4.00. The first-order valence-electron chi connectivity index (χ1n) is 9.48. The van der Waals surface area contributed by atoms with Gasteiger partial charge in [-0.1, -0.05) is 0 Å². The number of aryl methyl sites for hydroxylation is 1. The summed E-state index contributed by atoms with van der Waals surface area (Å²) in [6.45, 7) is 1.72. The Labute approximate surface area is 166 Å². The second-order valence-corrected chi connectivity index (χ2v) is 7.32. The minimum atomic E-state index is -0.413. The minimum Gasteiger partial charge on any atom is -0.479 e. The van der Waals surface area contributed by atoms with Gasteiger partial charge < -0.3 is 9.64 Å². The van der Waals surface area contributed by atoms with E-state index < -0.39 is 5.82 Å². The van der Waals surface area contributed by atoms with Crippen molar-refractivity contribution in [1.82, 2.24) is 24.2 Å². The zero-order valence-electron chi connectivity index (χ0n) is 16.3. The van der Waals surface area contributed by atoms with Crippen LogP contribution >= 0.6 is 0 Å². The van der Waals surface area contributed by atoms with Crippen molar-refractivity contribution in [3.05, 3.63) is 52.5 Å². The molecule has 0 aliphatic carbocycles. The van der Waals surface area contributed by atoms with E-state index in [2.05, 4.69) is 10.1 Å². The topological polar surface area (TPSA) is 82.2 Å². The van der Waals surface area contributed by atoms with Gasteiger partial charge >= 0.3 is 0 Å². The van der Waals surface area contributed by atoms with Gasteiger partial charge in [-0.25, -0.2) is 9.37 Å². The Bertz CT molecular complexity index is 1110. The Morgan fingerprint density at radius 3 is 2.79 bits per heavy atom. The molecule has 3 heterocycles. The number of halogens is 1. The Hall–Kier alpha value is -3.23. The third-order valence-electron chi connectivity index (χ3n) is 5.36. The molecule has 3 aromatic rings. The number of aromatic nitrogens is 4. The monoisotopic (exact) mass is 399 g/mol. The number of ether oxygens (including phenoxy) is 1. The fourth-order valence-electron chi connectivity index (χ4n) is 3.79.